The Labute approximate surface area is 194 Å². The summed E-state index contributed by atoms with van der Waals surface area (Å²) in [6, 6.07) is 10.2. The zero-order chi connectivity index (χ0) is 23.1. The van der Waals surface area contributed by atoms with Crippen LogP contribution in [0.5, 0.6) is 5.75 Å². The van der Waals surface area contributed by atoms with Crippen LogP contribution in [0.1, 0.15) is 43.9 Å². The van der Waals surface area contributed by atoms with Crippen molar-refractivity contribution >= 4 is 35.0 Å². The van der Waals surface area contributed by atoms with Gasteiger partial charge in [-0.1, -0.05) is 48.3 Å². The van der Waals surface area contributed by atoms with Gasteiger partial charge >= 0.3 is 0 Å². The van der Waals surface area contributed by atoms with Gasteiger partial charge in [0, 0.05) is 22.6 Å². The highest BCUT2D eigenvalue weighted by Crippen LogP contribution is 2.26. The first kappa shape index (κ1) is 25.0. The quantitative estimate of drug-likeness (QED) is 0.545. The molecule has 2 amide bonds. The van der Waals surface area contributed by atoms with Crippen molar-refractivity contribution in [3.05, 3.63) is 63.1 Å². The van der Waals surface area contributed by atoms with Gasteiger partial charge in [-0.3, -0.25) is 9.59 Å². The Kier molecular flexibility index (Phi) is 9.20. The standard InChI is InChI=1S/C24H30Cl2N2O3/c1-6-17(4)27-24(30)18(5)28(13-19-9-7-8-10-21(19)25)22(29)14-31-20-11-15(2)23(26)16(3)12-20/h7-12,17-18H,6,13-14H2,1-5H3,(H,27,30)/t17-,18+/m1/s1. The van der Waals surface area contributed by atoms with E-state index in [1.807, 2.05) is 45.9 Å². The van der Waals surface area contributed by atoms with Crippen LogP contribution in [0.3, 0.4) is 0 Å². The van der Waals surface area contributed by atoms with Crippen molar-refractivity contribution in [2.24, 2.45) is 0 Å². The first-order valence-electron chi connectivity index (χ1n) is 10.4. The average molecular weight is 465 g/mol. The van der Waals surface area contributed by atoms with Gasteiger partial charge in [-0.05, 0) is 69.0 Å². The number of hydrogen-bond donors (Lipinski definition) is 1. The summed E-state index contributed by atoms with van der Waals surface area (Å²) >= 11 is 12.5. The molecule has 2 atom stereocenters. The maximum absolute atomic E-state index is 13.1. The Hall–Kier alpha value is -2.24. The van der Waals surface area contributed by atoms with Crippen LogP contribution < -0.4 is 10.1 Å². The third kappa shape index (κ3) is 6.88. The molecule has 2 rings (SSSR count). The van der Waals surface area contributed by atoms with Gasteiger partial charge in [0.05, 0.1) is 0 Å². The van der Waals surface area contributed by atoms with Crippen molar-refractivity contribution in [3.8, 4) is 5.75 Å². The number of aryl methyl sites for hydroxylation is 2. The van der Waals surface area contributed by atoms with Gasteiger partial charge in [0.1, 0.15) is 11.8 Å². The zero-order valence-electron chi connectivity index (χ0n) is 18.7. The molecule has 0 aromatic heterocycles. The number of carbonyl (C=O) groups is 2. The minimum absolute atomic E-state index is 0.0171. The van der Waals surface area contributed by atoms with Gasteiger partial charge in [0.2, 0.25) is 5.91 Å². The van der Waals surface area contributed by atoms with Gasteiger partial charge in [0.25, 0.3) is 5.91 Å². The topological polar surface area (TPSA) is 58.6 Å². The van der Waals surface area contributed by atoms with Crippen molar-refractivity contribution in [1.29, 1.82) is 0 Å². The summed E-state index contributed by atoms with van der Waals surface area (Å²) in [7, 11) is 0. The fraction of sp³-hybridized carbons (Fsp3) is 0.417. The molecule has 168 valence electrons. The van der Waals surface area contributed by atoms with E-state index in [1.165, 1.54) is 4.90 Å². The maximum Gasteiger partial charge on any atom is 0.261 e. The number of nitrogens with zero attached hydrogens (tertiary/aromatic N) is 1. The second-order valence-electron chi connectivity index (χ2n) is 7.77. The largest absolute Gasteiger partial charge is 0.484 e. The average Bonchev–Trinajstić information content (AvgIpc) is 2.74. The normalized spacial score (nSPS) is 12.7. The summed E-state index contributed by atoms with van der Waals surface area (Å²) in [5, 5.41) is 4.16. The summed E-state index contributed by atoms with van der Waals surface area (Å²) in [5.41, 5.74) is 2.51. The first-order valence-corrected chi connectivity index (χ1v) is 11.1. The van der Waals surface area contributed by atoms with Gasteiger partial charge < -0.3 is 15.0 Å². The fourth-order valence-corrected chi connectivity index (χ4v) is 3.38. The molecular formula is C24H30Cl2N2O3. The Morgan fingerprint density at radius 3 is 2.29 bits per heavy atom. The number of amides is 2. The maximum atomic E-state index is 13.1. The van der Waals surface area contributed by atoms with E-state index in [4.69, 9.17) is 27.9 Å². The van der Waals surface area contributed by atoms with E-state index in [1.54, 1.807) is 25.1 Å². The molecule has 0 aliphatic rings. The van der Waals surface area contributed by atoms with E-state index in [9.17, 15) is 9.59 Å². The molecule has 0 bridgehead atoms. The third-order valence-electron chi connectivity index (χ3n) is 5.24. The van der Waals surface area contributed by atoms with E-state index < -0.39 is 6.04 Å². The summed E-state index contributed by atoms with van der Waals surface area (Å²) in [5.74, 6) is 0.0343. The number of hydrogen-bond acceptors (Lipinski definition) is 3. The highest BCUT2D eigenvalue weighted by molar-refractivity contribution is 6.32. The van der Waals surface area contributed by atoms with Crippen LogP contribution in [0, 0.1) is 13.8 Å². The monoisotopic (exact) mass is 464 g/mol. The molecule has 2 aromatic carbocycles. The number of rotatable bonds is 9. The summed E-state index contributed by atoms with van der Waals surface area (Å²) in [6.07, 6.45) is 0.801. The minimum atomic E-state index is -0.685. The molecule has 0 saturated carbocycles. The molecule has 2 aromatic rings. The fourth-order valence-electron chi connectivity index (χ4n) is 3.08. The Bertz CT molecular complexity index is 910. The minimum Gasteiger partial charge on any atom is -0.484 e. The molecule has 0 saturated heterocycles. The van der Waals surface area contributed by atoms with Crippen molar-refractivity contribution < 1.29 is 14.3 Å². The van der Waals surface area contributed by atoms with Crippen LogP contribution in [0.2, 0.25) is 10.0 Å². The lowest BCUT2D eigenvalue weighted by Gasteiger charge is -2.30. The van der Waals surface area contributed by atoms with E-state index in [-0.39, 0.29) is 31.0 Å². The second kappa shape index (κ2) is 11.4. The SMILES string of the molecule is CC[C@@H](C)NC(=O)[C@H](C)N(Cc1ccccc1Cl)C(=O)COc1cc(C)c(Cl)c(C)c1. The molecule has 0 aliphatic heterocycles. The summed E-state index contributed by atoms with van der Waals surface area (Å²) in [6.45, 7) is 9.40. The Morgan fingerprint density at radius 1 is 1.10 bits per heavy atom. The molecule has 0 heterocycles. The van der Waals surface area contributed by atoms with Gasteiger partial charge in [-0.2, -0.15) is 0 Å². The molecule has 1 N–H and O–H groups in total. The van der Waals surface area contributed by atoms with Crippen LogP contribution in [0.25, 0.3) is 0 Å². The molecule has 5 nitrogen and oxygen atoms in total. The summed E-state index contributed by atoms with van der Waals surface area (Å²) < 4.78 is 5.75. The van der Waals surface area contributed by atoms with Crippen LogP contribution >= 0.6 is 23.2 Å². The lowest BCUT2D eigenvalue weighted by molar-refractivity contribution is -0.142. The van der Waals surface area contributed by atoms with Gasteiger partial charge in [-0.15, -0.1) is 0 Å². The van der Waals surface area contributed by atoms with Crippen LogP contribution in [-0.4, -0.2) is 35.4 Å². The Morgan fingerprint density at radius 2 is 1.71 bits per heavy atom. The number of benzene rings is 2. The highest BCUT2D eigenvalue weighted by Gasteiger charge is 2.27. The van der Waals surface area contributed by atoms with E-state index >= 15 is 0 Å². The van der Waals surface area contributed by atoms with Crippen LogP contribution in [-0.2, 0) is 16.1 Å². The molecule has 0 radical (unpaired) electrons. The lowest BCUT2D eigenvalue weighted by atomic mass is 10.1. The van der Waals surface area contributed by atoms with Crippen LogP contribution in [0.4, 0.5) is 0 Å². The first-order chi connectivity index (χ1) is 14.6. The predicted molar refractivity (Wildman–Crippen MR) is 126 cm³/mol. The van der Waals surface area contributed by atoms with Crippen molar-refractivity contribution in [2.75, 3.05) is 6.61 Å². The molecule has 0 spiro atoms. The van der Waals surface area contributed by atoms with E-state index in [0.717, 1.165) is 23.1 Å². The molecule has 0 aliphatic carbocycles. The molecule has 0 unspecified atom stereocenters. The van der Waals surface area contributed by atoms with Gasteiger partial charge in [-0.25, -0.2) is 0 Å². The van der Waals surface area contributed by atoms with Crippen molar-refractivity contribution in [2.45, 2.75) is 59.7 Å². The van der Waals surface area contributed by atoms with Crippen molar-refractivity contribution in [1.82, 2.24) is 10.2 Å². The molecule has 0 fully saturated rings. The number of ether oxygens (including phenoxy) is 1. The van der Waals surface area contributed by atoms with Crippen LogP contribution in [0.15, 0.2) is 36.4 Å². The molecule has 7 heteroatoms. The smallest absolute Gasteiger partial charge is 0.261 e. The number of halogens is 2. The Balaban J connectivity index is 2.21. The second-order valence-corrected chi connectivity index (χ2v) is 8.55. The van der Waals surface area contributed by atoms with E-state index in [2.05, 4.69) is 5.32 Å². The molecule has 31 heavy (non-hydrogen) atoms. The summed E-state index contributed by atoms with van der Waals surface area (Å²) in [4.78, 5) is 27.4. The van der Waals surface area contributed by atoms with E-state index in [0.29, 0.717) is 15.8 Å². The molecular weight excluding hydrogens is 435 g/mol. The predicted octanol–water partition coefficient (Wildman–Crippen LogP) is 5.32. The van der Waals surface area contributed by atoms with Gasteiger partial charge in [0.15, 0.2) is 6.61 Å². The number of nitrogens with one attached hydrogen (secondary N) is 1. The highest BCUT2D eigenvalue weighted by atomic mass is 35.5. The third-order valence-corrected chi connectivity index (χ3v) is 6.20. The lowest BCUT2D eigenvalue weighted by Crippen LogP contribution is -2.50. The van der Waals surface area contributed by atoms with Crippen molar-refractivity contribution in [3.63, 3.8) is 0 Å². The zero-order valence-corrected chi connectivity index (χ0v) is 20.2. The number of carbonyl (C=O) groups excluding carboxylic acids is 2.